The maximum atomic E-state index is 10.8. The first-order chi connectivity index (χ1) is 5.15. The zero-order valence-corrected chi connectivity index (χ0v) is 7.40. The lowest BCUT2D eigenvalue weighted by Gasteiger charge is -1.97. The Bertz CT molecular complexity index is 375. The normalized spacial score (nSPS) is 9.18. The number of nitriles is 1. The predicted molar refractivity (Wildman–Crippen MR) is 44.2 cm³/mol. The van der Waals surface area contributed by atoms with Gasteiger partial charge in [-0.1, -0.05) is 0 Å². The maximum Gasteiger partial charge on any atom is 0.249 e. The third-order valence-electron chi connectivity index (χ3n) is 1.27. The molecule has 1 aromatic rings. The molecular weight excluding hydrogens is 208 g/mol. The Labute approximate surface area is 71.8 Å². The molecule has 1 N–H and O–H groups in total. The standard InChI is InChI=1S/C7H5BrN2O/c1-4-7(8)5(3-9)2-6(11)10-4/h2H,1H3,(H,10,11). The van der Waals surface area contributed by atoms with Gasteiger partial charge in [-0.05, 0) is 22.9 Å². The number of rotatable bonds is 0. The fraction of sp³-hybridized carbons (Fsp3) is 0.143. The molecule has 1 aromatic heterocycles. The molecule has 0 radical (unpaired) electrons. The van der Waals surface area contributed by atoms with E-state index >= 15 is 0 Å². The molecule has 0 bridgehead atoms. The Kier molecular flexibility index (Phi) is 2.11. The minimum Gasteiger partial charge on any atom is -0.325 e. The Morgan fingerprint density at radius 2 is 2.36 bits per heavy atom. The molecule has 0 aliphatic carbocycles. The molecule has 0 saturated heterocycles. The Hall–Kier alpha value is -1.08. The molecule has 0 aliphatic heterocycles. The van der Waals surface area contributed by atoms with Crippen molar-refractivity contribution in [1.82, 2.24) is 4.98 Å². The van der Waals surface area contributed by atoms with Gasteiger partial charge in [0, 0.05) is 11.8 Å². The first kappa shape index (κ1) is 8.02. The lowest BCUT2D eigenvalue weighted by Crippen LogP contribution is -2.07. The van der Waals surface area contributed by atoms with E-state index in [-0.39, 0.29) is 5.56 Å². The van der Waals surface area contributed by atoms with Crippen molar-refractivity contribution in [3.63, 3.8) is 0 Å². The summed E-state index contributed by atoms with van der Waals surface area (Å²) >= 11 is 3.18. The molecule has 0 amide bonds. The van der Waals surface area contributed by atoms with E-state index in [1.807, 2.05) is 6.07 Å². The van der Waals surface area contributed by atoms with Crippen LogP contribution < -0.4 is 5.56 Å². The van der Waals surface area contributed by atoms with Gasteiger partial charge in [-0.2, -0.15) is 5.26 Å². The van der Waals surface area contributed by atoms with Crippen LogP contribution in [0.2, 0.25) is 0 Å². The van der Waals surface area contributed by atoms with E-state index in [9.17, 15) is 4.79 Å². The molecule has 0 atom stereocenters. The molecule has 11 heavy (non-hydrogen) atoms. The molecule has 0 aliphatic rings. The highest BCUT2D eigenvalue weighted by atomic mass is 79.9. The summed E-state index contributed by atoms with van der Waals surface area (Å²) in [6.45, 7) is 1.73. The van der Waals surface area contributed by atoms with Crippen LogP contribution >= 0.6 is 15.9 Å². The lowest BCUT2D eigenvalue weighted by atomic mass is 10.2. The number of pyridine rings is 1. The monoisotopic (exact) mass is 212 g/mol. The van der Waals surface area contributed by atoms with Crippen molar-refractivity contribution in [2.75, 3.05) is 0 Å². The number of H-pyrrole nitrogens is 1. The lowest BCUT2D eigenvalue weighted by molar-refractivity contribution is 1.12. The van der Waals surface area contributed by atoms with E-state index in [1.54, 1.807) is 6.92 Å². The van der Waals surface area contributed by atoms with E-state index in [0.29, 0.717) is 15.7 Å². The second-order valence-electron chi connectivity index (χ2n) is 2.10. The minimum atomic E-state index is -0.248. The van der Waals surface area contributed by atoms with Crippen LogP contribution in [0.5, 0.6) is 0 Å². The summed E-state index contributed by atoms with van der Waals surface area (Å²) in [7, 11) is 0. The average molecular weight is 213 g/mol. The number of halogens is 1. The van der Waals surface area contributed by atoms with Crippen molar-refractivity contribution in [2.24, 2.45) is 0 Å². The SMILES string of the molecule is Cc1[nH]c(=O)cc(C#N)c1Br. The van der Waals surface area contributed by atoms with E-state index in [4.69, 9.17) is 5.26 Å². The van der Waals surface area contributed by atoms with Crippen LogP contribution in [0, 0.1) is 18.3 Å². The van der Waals surface area contributed by atoms with E-state index in [0.717, 1.165) is 0 Å². The highest BCUT2D eigenvalue weighted by Crippen LogP contribution is 2.15. The van der Waals surface area contributed by atoms with E-state index < -0.39 is 0 Å². The first-order valence-corrected chi connectivity index (χ1v) is 3.74. The molecule has 1 rings (SSSR count). The summed E-state index contributed by atoms with van der Waals surface area (Å²) in [4.78, 5) is 13.4. The van der Waals surface area contributed by atoms with Crippen molar-refractivity contribution in [2.45, 2.75) is 6.92 Å². The average Bonchev–Trinajstić information content (AvgIpc) is 1.96. The quantitative estimate of drug-likeness (QED) is 0.706. The molecule has 4 heteroatoms. The third-order valence-corrected chi connectivity index (χ3v) is 2.29. The number of aryl methyl sites for hydroxylation is 1. The molecule has 0 aromatic carbocycles. The molecule has 0 saturated carbocycles. The highest BCUT2D eigenvalue weighted by Gasteiger charge is 2.02. The fourth-order valence-corrected chi connectivity index (χ4v) is 1.06. The predicted octanol–water partition coefficient (Wildman–Crippen LogP) is 1.32. The Morgan fingerprint density at radius 3 is 2.91 bits per heavy atom. The molecule has 1 heterocycles. The van der Waals surface area contributed by atoms with Crippen molar-refractivity contribution < 1.29 is 0 Å². The van der Waals surface area contributed by atoms with Gasteiger partial charge in [-0.15, -0.1) is 0 Å². The maximum absolute atomic E-state index is 10.8. The summed E-state index contributed by atoms with van der Waals surface area (Å²) in [5.41, 5.74) is 0.794. The zero-order valence-electron chi connectivity index (χ0n) is 5.81. The van der Waals surface area contributed by atoms with Gasteiger partial charge < -0.3 is 4.98 Å². The summed E-state index contributed by atoms with van der Waals surface area (Å²) in [6, 6.07) is 3.17. The van der Waals surface area contributed by atoms with Crippen molar-refractivity contribution in [3.8, 4) is 6.07 Å². The molecule has 0 unspecified atom stereocenters. The second-order valence-corrected chi connectivity index (χ2v) is 2.89. The molecular formula is C7H5BrN2O. The fourth-order valence-electron chi connectivity index (χ4n) is 0.754. The topological polar surface area (TPSA) is 56.6 Å². The number of aromatic nitrogens is 1. The van der Waals surface area contributed by atoms with Crippen LogP contribution in [-0.2, 0) is 0 Å². The van der Waals surface area contributed by atoms with Gasteiger partial charge in [-0.3, -0.25) is 4.79 Å². The first-order valence-electron chi connectivity index (χ1n) is 2.94. The summed E-state index contributed by atoms with van der Waals surface area (Å²) in [5, 5.41) is 8.53. The van der Waals surface area contributed by atoms with Crippen LogP contribution in [0.3, 0.4) is 0 Å². The van der Waals surface area contributed by atoms with E-state index in [2.05, 4.69) is 20.9 Å². The molecule has 56 valence electrons. The molecule has 3 nitrogen and oxygen atoms in total. The molecule has 0 spiro atoms. The van der Waals surface area contributed by atoms with Gasteiger partial charge in [0.15, 0.2) is 0 Å². The highest BCUT2D eigenvalue weighted by molar-refractivity contribution is 9.10. The third kappa shape index (κ3) is 1.49. The Morgan fingerprint density at radius 1 is 1.73 bits per heavy atom. The largest absolute Gasteiger partial charge is 0.325 e. The zero-order chi connectivity index (χ0) is 8.43. The van der Waals surface area contributed by atoms with Crippen LogP contribution in [-0.4, -0.2) is 4.98 Å². The summed E-state index contributed by atoms with van der Waals surface area (Å²) in [6.07, 6.45) is 0. The van der Waals surface area contributed by atoms with Gasteiger partial charge in [0.2, 0.25) is 5.56 Å². The van der Waals surface area contributed by atoms with Crippen molar-refractivity contribution in [3.05, 3.63) is 32.2 Å². The van der Waals surface area contributed by atoms with Crippen LogP contribution in [0.25, 0.3) is 0 Å². The van der Waals surface area contributed by atoms with Gasteiger partial charge in [0.25, 0.3) is 0 Å². The number of aromatic amines is 1. The summed E-state index contributed by atoms with van der Waals surface area (Å²) < 4.78 is 0.652. The van der Waals surface area contributed by atoms with Gasteiger partial charge >= 0.3 is 0 Å². The minimum absolute atomic E-state index is 0.248. The van der Waals surface area contributed by atoms with Crippen LogP contribution in [0.1, 0.15) is 11.3 Å². The van der Waals surface area contributed by atoms with E-state index in [1.165, 1.54) is 6.07 Å². The number of hydrogen-bond donors (Lipinski definition) is 1. The van der Waals surface area contributed by atoms with Gasteiger partial charge in [0.1, 0.15) is 6.07 Å². The van der Waals surface area contributed by atoms with Crippen LogP contribution in [0.4, 0.5) is 0 Å². The van der Waals surface area contributed by atoms with Gasteiger partial charge in [-0.25, -0.2) is 0 Å². The van der Waals surface area contributed by atoms with Gasteiger partial charge in [0.05, 0.1) is 10.0 Å². The number of nitrogens with zero attached hydrogens (tertiary/aromatic N) is 1. The smallest absolute Gasteiger partial charge is 0.249 e. The second kappa shape index (κ2) is 2.89. The van der Waals surface area contributed by atoms with Crippen molar-refractivity contribution >= 4 is 15.9 Å². The molecule has 0 fully saturated rings. The Balaban J connectivity index is 3.52. The number of hydrogen-bond acceptors (Lipinski definition) is 2. The van der Waals surface area contributed by atoms with Crippen LogP contribution in [0.15, 0.2) is 15.3 Å². The number of nitrogens with one attached hydrogen (secondary N) is 1. The summed E-state index contributed by atoms with van der Waals surface area (Å²) in [5.74, 6) is 0. The van der Waals surface area contributed by atoms with Crippen molar-refractivity contribution in [1.29, 1.82) is 5.26 Å².